The van der Waals surface area contributed by atoms with Gasteiger partial charge in [0, 0.05) is 72.1 Å². The van der Waals surface area contributed by atoms with Gasteiger partial charge < -0.3 is 20.1 Å². The van der Waals surface area contributed by atoms with Crippen LogP contribution < -0.4 is 0 Å². The molecule has 0 radical (unpaired) electrons. The van der Waals surface area contributed by atoms with Crippen molar-refractivity contribution in [3.63, 3.8) is 0 Å². The quantitative estimate of drug-likeness (QED) is 0.483. The third kappa shape index (κ3) is 3.48. The van der Waals surface area contributed by atoms with Gasteiger partial charge in [-0.15, -0.1) is 0 Å². The molecular formula is C22H19FN4O3. The molecule has 3 aromatic heterocycles. The van der Waals surface area contributed by atoms with Crippen LogP contribution in [0.4, 0.5) is 4.39 Å². The van der Waals surface area contributed by atoms with Crippen molar-refractivity contribution in [2.45, 2.75) is 6.10 Å². The molecule has 30 heavy (non-hydrogen) atoms. The first-order valence-electron chi connectivity index (χ1n) is 9.15. The number of nitrogens with zero attached hydrogens (tertiary/aromatic N) is 3. The van der Waals surface area contributed by atoms with Gasteiger partial charge in [-0.2, -0.15) is 0 Å². The first-order chi connectivity index (χ1) is 14.3. The number of carbonyl (C=O) groups is 1. The number of phenols is 1. The average molecular weight is 406 g/mol. The number of hydrogen-bond donors (Lipinski definition) is 3. The number of aromatic amines is 1. The summed E-state index contributed by atoms with van der Waals surface area (Å²) in [6.07, 6.45) is 5.01. The molecule has 7 nitrogen and oxygen atoms in total. The van der Waals surface area contributed by atoms with Gasteiger partial charge in [0.25, 0.3) is 5.91 Å². The minimum absolute atomic E-state index is 0.0447. The molecule has 152 valence electrons. The Bertz CT molecular complexity index is 1250. The lowest BCUT2D eigenvalue weighted by Crippen LogP contribution is -2.28. The monoisotopic (exact) mass is 406 g/mol. The predicted octanol–water partition coefficient (Wildman–Crippen LogP) is 3.26. The van der Waals surface area contributed by atoms with E-state index in [-0.39, 0.29) is 5.75 Å². The Balaban J connectivity index is 1.79. The number of halogens is 1. The average Bonchev–Trinajstić information content (AvgIpc) is 3.17. The number of H-pyrrole nitrogens is 1. The fourth-order valence-corrected chi connectivity index (χ4v) is 3.26. The summed E-state index contributed by atoms with van der Waals surface area (Å²) in [5, 5.41) is 21.2. The van der Waals surface area contributed by atoms with Gasteiger partial charge in [-0.3, -0.25) is 9.78 Å². The second-order valence-electron chi connectivity index (χ2n) is 7.13. The first kappa shape index (κ1) is 19.5. The number of nitrogens with one attached hydrogen (secondary N) is 1. The fourth-order valence-electron chi connectivity index (χ4n) is 3.26. The molecule has 1 aromatic carbocycles. The number of phenolic OH excluding ortho intramolecular Hbond substituents is 1. The third-order valence-electron chi connectivity index (χ3n) is 4.86. The number of aliphatic hydroxyl groups is 1. The Morgan fingerprint density at radius 2 is 1.87 bits per heavy atom. The van der Waals surface area contributed by atoms with Gasteiger partial charge in [0.2, 0.25) is 0 Å². The lowest BCUT2D eigenvalue weighted by Gasteiger charge is -2.16. The number of hydrogen-bond acceptors (Lipinski definition) is 5. The van der Waals surface area contributed by atoms with Crippen molar-refractivity contribution in [1.29, 1.82) is 0 Å². The second-order valence-corrected chi connectivity index (χ2v) is 7.13. The van der Waals surface area contributed by atoms with Crippen LogP contribution in [-0.2, 0) is 4.79 Å². The van der Waals surface area contributed by atoms with Crippen LogP contribution in [0.15, 0.2) is 55.1 Å². The molecule has 0 fully saturated rings. The molecule has 0 bridgehead atoms. The minimum Gasteiger partial charge on any atom is -0.507 e. The van der Waals surface area contributed by atoms with E-state index in [1.807, 2.05) is 6.07 Å². The van der Waals surface area contributed by atoms with Crippen LogP contribution in [0.1, 0.15) is 11.7 Å². The van der Waals surface area contributed by atoms with Crippen molar-refractivity contribution in [3.8, 4) is 28.0 Å². The number of aromatic hydroxyl groups is 1. The summed E-state index contributed by atoms with van der Waals surface area (Å²) < 4.78 is 13.7. The van der Waals surface area contributed by atoms with Crippen LogP contribution >= 0.6 is 0 Å². The van der Waals surface area contributed by atoms with Crippen molar-refractivity contribution in [2.24, 2.45) is 0 Å². The number of rotatable bonds is 4. The van der Waals surface area contributed by atoms with E-state index in [2.05, 4.69) is 15.0 Å². The molecule has 1 unspecified atom stereocenters. The van der Waals surface area contributed by atoms with Crippen LogP contribution in [0.25, 0.3) is 33.3 Å². The zero-order valence-electron chi connectivity index (χ0n) is 16.3. The Kier molecular flexibility index (Phi) is 4.93. The Morgan fingerprint density at radius 1 is 1.10 bits per heavy atom. The van der Waals surface area contributed by atoms with Gasteiger partial charge in [-0.1, -0.05) is 0 Å². The van der Waals surface area contributed by atoms with Crippen molar-refractivity contribution in [3.05, 3.63) is 66.5 Å². The fraction of sp³-hybridized carbons (Fsp3) is 0.136. The second kappa shape index (κ2) is 7.57. The zero-order chi connectivity index (χ0) is 21.4. The largest absolute Gasteiger partial charge is 0.507 e. The van der Waals surface area contributed by atoms with E-state index in [0.717, 1.165) is 0 Å². The Labute approximate surface area is 171 Å². The van der Waals surface area contributed by atoms with Gasteiger partial charge in [0.05, 0.1) is 0 Å². The summed E-state index contributed by atoms with van der Waals surface area (Å²) in [7, 11) is 3.13. The van der Waals surface area contributed by atoms with E-state index in [1.165, 1.54) is 29.3 Å². The van der Waals surface area contributed by atoms with Gasteiger partial charge in [-0.25, -0.2) is 9.37 Å². The zero-order valence-corrected chi connectivity index (χ0v) is 16.3. The van der Waals surface area contributed by atoms with Gasteiger partial charge in [0.15, 0.2) is 6.10 Å². The summed E-state index contributed by atoms with van der Waals surface area (Å²) >= 11 is 0. The molecular weight excluding hydrogens is 387 g/mol. The van der Waals surface area contributed by atoms with E-state index < -0.39 is 17.8 Å². The smallest absolute Gasteiger partial charge is 0.255 e. The molecule has 0 aliphatic rings. The van der Waals surface area contributed by atoms with E-state index in [4.69, 9.17) is 0 Å². The number of benzene rings is 1. The Hall–Kier alpha value is -3.78. The topological polar surface area (TPSA) is 102 Å². The number of carbonyl (C=O) groups excluding carboxylic acids is 1. The molecule has 0 aliphatic carbocycles. The van der Waals surface area contributed by atoms with Crippen LogP contribution in [0.3, 0.4) is 0 Å². The highest BCUT2D eigenvalue weighted by Crippen LogP contribution is 2.36. The number of aromatic nitrogens is 3. The number of fused-ring (bicyclic) bond motifs is 1. The predicted molar refractivity (Wildman–Crippen MR) is 110 cm³/mol. The SMILES string of the molecule is CN(C)C(=O)C(O)c1cncc(-c2cnc3[nH]cc(-c4cc(F)ccc4O)c3c2)c1. The molecule has 1 atom stereocenters. The number of aliphatic hydroxyl groups excluding tert-OH is 1. The van der Waals surface area contributed by atoms with E-state index in [0.29, 0.717) is 38.9 Å². The van der Waals surface area contributed by atoms with Crippen LogP contribution in [0, 0.1) is 5.82 Å². The lowest BCUT2D eigenvalue weighted by atomic mass is 10.0. The third-order valence-corrected chi connectivity index (χ3v) is 4.86. The Morgan fingerprint density at radius 3 is 2.63 bits per heavy atom. The van der Waals surface area contributed by atoms with E-state index in [1.54, 1.807) is 38.8 Å². The van der Waals surface area contributed by atoms with E-state index in [9.17, 15) is 19.4 Å². The van der Waals surface area contributed by atoms with Gasteiger partial charge in [-0.05, 0) is 30.3 Å². The highest BCUT2D eigenvalue weighted by Gasteiger charge is 2.20. The summed E-state index contributed by atoms with van der Waals surface area (Å²) in [6.45, 7) is 0. The maximum Gasteiger partial charge on any atom is 0.255 e. The highest BCUT2D eigenvalue weighted by atomic mass is 19.1. The van der Waals surface area contributed by atoms with Crippen molar-refractivity contribution >= 4 is 16.9 Å². The van der Waals surface area contributed by atoms with Crippen molar-refractivity contribution in [1.82, 2.24) is 19.9 Å². The molecule has 3 heterocycles. The molecule has 8 heteroatoms. The maximum atomic E-state index is 13.7. The molecule has 4 rings (SSSR count). The highest BCUT2D eigenvalue weighted by molar-refractivity contribution is 5.97. The minimum atomic E-state index is -1.32. The summed E-state index contributed by atoms with van der Waals surface area (Å²) in [5.74, 6) is -0.952. The number of amides is 1. The number of pyridine rings is 2. The van der Waals surface area contributed by atoms with Crippen molar-refractivity contribution < 1.29 is 19.4 Å². The van der Waals surface area contributed by atoms with Crippen molar-refractivity contribution in [2.75, 3.05) is 14.1 Å². The normalized spacial score (nSPS) is 12.1. The first-order valence-corrected chi connectivity index (χ1v) is 9.15. The summed E-state index contributed by atoms with van der Waals surface area (Å²) in [4.78, 5) is 24.9. The lowest BCUT2D eigenvalue weighted by molar-refractivity contribution is -0.137. The molecule has 4 aromatic rings. The molecule has 0 aliphatic heterocycles. The summed E-state index contributed by atoms with van der Waals surface area (Å²) in [5.41, 5.74) is 3.23. The molecule has 0 saturated heterocycles. The maximum absolute atomic E-state index is 13.7. The van der Waals surface area contributed by atoms with Gasteiger partial charge >= 0.3 is 0 Å². The number of likely N-dealkylation sites (N-methyl/N-ethyl adjacent to an activating group) is 1. The van der Waals surface area contributed by atoms with Crippen LogP contribution in [0.5, 0.6) is 5.75 Å². The standard InChI is InChI=1S/C22H19FN4O3/c1-27(2)22(30)20(29)14-5-12(8-24-9-14)13-6-17-18(11-26-21(17)25-10-13)16-7-15(23)3-4-19(16)28/h3-11,20,28-29H,1-2H3,(H,25,26). The summed E-state index contributed by atoms with van der Waals surface area (Å²) in [6, 6.07) is 7.26. The molecule has 3 N–H and O–H groups in total. The van der Waals surface area contributed by atoms with Crippen LogP contribution in [-0.4, -0.2) is 50.1 Å². The molecule has 1 amide bonds. The van der Waals surface area contributed by atoms with E-state index >= 15 is 0 Å². The van der Waals surface area contributed by atoms with Gasteiger partial charge in [0.1, 0.15) is 17.2 Å². The van der Waals surface area contributed by atoms with Crippen LogP contribution in [0.2, 0.25) is 0 Å². The molecule has 0 spiro atoms. The molecule has 0 saturated carbocycles.